The van der Waals surface area contributed by atoms with Gasteiger partial charge in [0, 0.05) is 11.3 Å². The number of aliphatic carboxylic acids is 1. The number of rotatable bonds is 5. The average Bonchev–Trinajstić information content (AvgIpc) is 2.81. The summed E-state index contributed by atoms with van der Waals surface area (Å²) in [6.45, 7) is 4.05. The van der Waals surface area contributed by atoms with Crippen LogP contribution in [0.2, 0.25) is 0 Å². The molecule has 3 atom stereocenters. The molecule has 0 saturated carbocycles. The van der Waals surface area contributed by atoms with E-state index in [0.29, 0.717) is 6.54 Å². The van der Waals surface area contributed by atoms with Gasteiger partial charge in [0.15, 0.2) is 0 Å². The van der Waals surface area contributed by atoms with Crippen LogP contribution < -0.4 is 11.1 Å². The van der Waals surface area contributed by atoms with Gasteiger partial charge >= 0.3 is 5.97 Å². The first-order valence-electron chi connectivity index (χ1n) is 8.04. The third kappa shape index (κ3) is 3.11. The lowest BCUT2D eigenvalue weighted by Crippen LogP contribution is -2.70. The minimum atomic E-state index is -1.02. The molecule has 4 N–H and O–H groups in total. The first-order chi connectivity index (χ1) is 11.7. The second-order valence-corrected chi connectivity index (χ2v) is 8.61. The van der Waals surface area contributed by atoms with Gasteiger partial charge in [0.2, 0.25) is 11.8 Å². The largest absolute Gasteiger partial charge is 0.480 e. The standard InChI is InChI=1S/C17H21N3O4S/c1-17(2)13(16(23)24)20-14(22)12(15(20)25-17)19-11(21)7-9-3-5-10(8-18)6-4-9/h3-6,12-13,15H,7-8,18H2,1-2H3,(H,19,21)(H,23,24)/t12-,13+,15-/m1/s1. The zero-order valence-electron chi connectivity index (χ0n) is 14.1. The maximum atomic E-state index is 12.3. The Morgan fingerprint density at radius 1 is 1.28 bits per heavy atom. The van der Waals surface area contributed by atoms with Crippen molar-refractivity contribution >= 4 is 29.5 Å². The van der Waals surface area contributed by atoms with Gasteiger partial charge in [-0.3, -0.25) is 9.59 Å². The molecule has 2 saturated heterocycles. The van der Waals surface area contributed by atoms with E-state index < -0.39 is 22.8 Å². The maximum Gasteiger partial charge on any atom is 0.327 e. The van der Waals surface area contributed by atoms with Crippen molar-refractivity contribution in [1.82, 2.24) is 10.2 Å². The molecule has 25 heavy (non-hydrogen) atoms. The Kier molecular flexibility index (Phi) is 4.51. The van der Waals surface area contributed by atoms with Crippen LogP contribution in [-0.4, -0.2) is 50.0 Å². The molecule has 2 fully saturated rings. The summed E-state index contributed by atoms with van der Waals surface area (Å²) in [5.74, 6) is -1.60. The minimum Gasteiger partial charge on any atom is -0.480 e. The lowest BCUT2D eigenvalue weighted by molar-refractivity contribution is -0.161. The molecule has 0 unspecified atom stereocenters. The number of amides is 2. The first kappa shape index (κ1) is 17.8. The molecule has 0 radical (unpaired) electrons. The fourth-order valence-electron chi connectivity index (χ4n) is 3.35. The lowest BCUT2D eigenvalue weighted by atomic mass is 9.96. The van der Waals surface area contributed by atoms with Crippen molar-refractivity contribution in [1.29, 1.82) is 0 Å². The summed E-state index contributed by atoms with van der Waals surface area (Å²) >= 11 is 1.41. The fraction of sp³-hybridized carbons (Fsp3) is 0.471. The summed E-state index contributed by atoms with van der Waals surface area (Å²) < 4.78 is -0.594. The summed E-state index contributed by atoms with van der Waals surface area (Å²) in [6, 6.07) is 5.88. The molecule has 7 nitrogen and oxygen atoms in total. The van der Waals surface area contributed by atoms with Gasteiger partial charge in [0.1, 0.15) is 17.5 Å². The molecule has 2 amide bonds. The summed E-state index contributed by atoms with van der Waals surface area (Å²) in [5, 5.41) is 11.8. The zero-order valence-corrected chi connectivity index (χ0v) is 14.9. The number of nitrogens with one attached hydrogen (secondary N) is 1. The Morgan fingerprint density at radius 2 is 1.88 bits per heavy atom. The Morgan fingerprint density at radius 3 is 2.44 bits per heavy atom. The summed E-state index contributed by atoms with van der Waals surface area (Å²) in [4.78, 5) is 37.4. The molecule has 0 spiro atoms. The number of thioether (sulfide) groups is 1. The van der Waals surface area contributed by atoms with Gasteiger partial charge in [-0.25, -0.2) is 4.79 Å². The number of benzene rings is 1. The molecule has 8 heteroatoms. The molecular weight excluding hydrogens is 342 g/mol. The number of carbonyl (C=O) groups excluding carboxylic acids is 2. The predicted molar refractivity (Wildman–Crippen MR) is 93.7 cm³/mol. The van der Waals surface area contributed by atoms with E-state index in [1.807, 2.05) is 24.3 Å². The van der Waals surface area contributed by atoms with E-state index in [0.717, 1.165) is 11.1 Å². The zero-order chi connectivity index (χ0) is 18.4. The van der Waals surface area contributed by atoms with Crippen LogP contribution in [0.25, 0.3) is 0 Å². The van der Waals surface area contributed by atoms with Gasteiger partial charge in [-0.05, 0) is 25.0 Å². The Hall–Kier alpha value is -2.06. The molecule has 2 heterocycles. The number of carboxylic acid groups (broad SMARTS) is 1. The average molecular weight is 363 g/mol. The Bertz CT molecular complexity index is 719. The smallest absolute Gasteiger partial charge is 0.327 e. The van der Waals surface area contributed by atoms with Crippen LogP contribution in [0.5, 0.6) is 0 Å². The summed E-state index contributed by atoms with van der Waals surface area (Å²) in [6.07, 6.45) is 0.164. The number of hydrogen-bond donors (Lipinski definition) is 3. The highest BCUT2D eigenvalue weighted by molar-refractivity contribution is 8.01. The van der Waals surface area contributed by atoms with E-state index in [9.17, 15) is 19.5 Å². The third-order valence-electron chi connectivity index (χ3n) is 4.61. The van der Waals surface area contributed by atoms with Gasteiger partial charge in [-0.2, -0.15) is 0 Å². The van der Waals surface area contributed by atoms with E-state index in [2.05, 4.69) is 5.32 Å². The van der Waals surface area contributed by atoms with E-state index >= 15 is 0 Å². The minimum absolute atomic E-state index is 0.164. The van der Waals surface area contributed by atoms with Crippen LogP contribution in [0, 0.1) is 0 Å². The van der Waals surface area contributed by atoms with E-state index in [-0.39, 0.29) is 23.6 Å². The molecular formula is C17H21N3O4S. The highest BCUT2D eigenvalue weighted by atomic mass is 32.2. The number of nitrogens with two attached hydrogens (primary N) is 1. The van der Waals surface area contributed by atoms with Crippen LogP contribution >= 0.6 is 11.8 Å². The molecule has 0 aliphatic carbocycles. The van der Waals surface area contributed by atoms with Gasteiger partial charge in [0.05, 0.1) is 6.42 Å². The molecule has 1 aromatic carbocycles. The van der Waals surface area contributed by atoms with E-state index in [4.69, 9.17) is 5.73 Å². The van der Waals surface area contributed by atoms with Crippen LogP contribution in [0.3, 0.4) is 0 Å². The van der Waals surface area contributed by atoms with Gasteiger partial charge in [0.25, 0.3) is 0 Å². The first-order valence-corrected chi connectivity index (χ1v) is 8.92. The van der Waals surface area contributed by atoms with E-state index in [1.165, 1.54) is 16.7 Å². The fourth-order valence-corrected chi connectivity index (χ4v) is 4.97. The summed E-state index contributed by atoms with van der Waals surface area (Å²) in [7, 11) is 0. The van der Waals surface area contributed by atoms with Gasteiger partial charge in [-0.1, -0.05) is 24.3 Å². The molecule has 134 valence electrons. The SMILES string of the molecule is CC1(C)S[C@@H]2[C@H](NC(=O)Cc3ccc(CN)cc3)C(=O)N2[C@H]1C(=O)O. The van der Waals surface area contributed by atoms with Crippen molar-refractivity contribution < 1.29 is 19.5 Å². The second-order valence-electron chi connectivity index (χ2n) is 6.84. The van der Waals surface area contributed by atoms with Gasteiger partial charge in [-0.15, -0.1) is 11.8 Å². The molecule has 2 aliphatic rings. The van der Waals surface area contributed by atoms with Crippen molar-refractivity contribution in [2.45, 2.75) is 49.0 Å². The number of nitrogens with zero attached hydrogens (tertiary/aromatic N) is 1. The lowest BCUT2D eigenvalue weighted by Gasteiger charge is -2.43. The third-order valence-corrected chi connectivity index (χ3v) is 6.19. The number of carboxylic acids is 1. The van der Waals surface area contributed by atoms with Crippen molar-refractivity contribution in [3.05, 3.63) is 35.4 Å². The number of β-lactam (4-membered cyclic amide) rings is 1. The number of hydrogen-bond acceptors (Lipinski definition) is 5. The van der Waals surface area contributed by atoms with Crippen LogP contribution in [0.15, 0.2) is 24.3 Å². The van der Waals surface area contributed by atoms with E-state index in [1.54, 1.807) is 13.8 Å². The topological polar surface area (TPSA) is 113 Å². The normalized spacial score (nSPS) is 26.8. The molecule has 2 aliphatic heterocycles. The van der Waals surface area contributed by atoms with Crippen molar-refractivity contribution in [2.24, 2.45) is 5.73 Å². The molecule has 3 rings (SSSR count). The van der Waals surface area contributed by atoms with Crippen molar-refractivity contribution in [2.75, 3.05) is 0 Å². The summed E-state index contributed by atoms with van der Waals surface area (Å²) in [5.41, 5.74) is 7.37. The Balaban J connectivity index is 1.63. The number of carbonyl (C=O) groups is 3. The van der Waals surface area contributed by atoms with Crippen molar-refractivity contribution in [3.63, 3.8) is 0 Å². The van der Waals surface area contributed by atoms with Gasteiger partial charge < -0.3 is 21.1 Å². The van der Waals surface area contributed by atoms with Crippen LogP contribution in [0.1, 0.15) is 25.0 Å². The quantitative estimate of drug-likeness (QED) is 0.650. The molecule has 0 bridgehead atoms. The predicted octanol–water partition coefficient (Wildman–Crippen LogP) is 0.320. The molecule has 0 aromatic heterocycles. The highest BCUT2D eigenvalue weighted by Gasteiger charge is 2.64. The number of fused-ring (bicyclic) bond motifs is 1. The maximum absolute atomic E-state index is 12.3. The van der Waals surface area contributed by atoms with Crippen molar-refractivity contribution in [3.8, 4) is 0 Å². The monoisotopic (exact) mass is 363 g/mol. The van der Waals surface area contributed by atoms with Crippen LogP contribution in [0.4, 0.5) is 0 Å². The Labute approximate surface area is 149 Å². The molecule has 1 aromatic rings. The van der Waals surface area contributed by atoms with Crippen LogP contribution in [-0.2, 0) is 27.3 Å². The second kappa shape index (κ2) is 6.34. The highest BCUT2D eigenvalue weighted by Crippen LogP contribution is 2.50.